The number of hydrogen-bond acceptors (Lipinski definition) is 6. The largest absolute Gasteiger partial charge is 0.340 e. The van der Waals surface area contributed by atoms with Crippen LogP contribution in [0.15, 0.2) is 23.4 Å². The van der Waals surface area contributed by atoms with Gasteiger partial charge >= 0.3 is 0 Å². The molecule has 0 saturated carbocycles. The monoisotopic (exact) mass is 367 g/mol. The van der Waals surface area contributed by atoms with Crippen LogP contribution in [0.4, 0.5) is 5.69 Å². The fourth-order valence-electron chi connectivity index (χ4n) is 3.23. The van der Waals surface area contributed by atoms with Gasteiger partial charge < -0.3 is 10.3 Å². The predicted molar refractivity (Wildman–Crippen MR) is 94.3 cm³/mol. The second kappa shape index (κ2) is 7.67. The number of hydrazine groups is 1. The number of sulfonamides is 1. The minimum atomic E-state index is -3.55. The SMILES string of the molecule is CC(=O)N1CCN(Nc2ccncc2S(=O)(=O)N2CCCCC2)CC1. The van der Waals surface area contributed by atoms with E-state index >= 15 is 0 Å². The zero-order valence-corrected chi connectivity index (χ0v) is 15.3. The van der Waals surface area contributed by atoms with Crippen molar-refractivity contribution in [3.63, 3.8) is 0 Å². The van der Waals surface area contributed by atoms with Gasteiger partial charge in [-0.25, -0.2) is 13.4 Å². The number of carbonyl (C=O) groups excluding carboxylic acids is 1. The van der Waals surface area contributed by atoms with Crippen LogP contribution in [0, 0.1) is 0 Å². The summed E-state index contributed by atoms with van der Waals surface area (Å²) in [5, 5.41) is 1.95. The van der Waals surface area contributed by atoms with Crippen LogP contribution >= 0.6 is 0 Å². The highest BCUT2D eigenvalue weighted by Crippen LogP contribution is 2.26. The quantitative estimate of drug-likeness (QED) is 0.845. The summed E-state index contributed by atoms with van der Waals surface area (Å²) in [4.78, 5) is 17.4. The van der Waals surface area contributed by atoms with Gasteiger partial charge in [0.15, 0.2) is 0 Å². The molecule has 3 rings (SSSR count). The maximum absolute atomic E-state index is 13.0. The summed E-state index contributed by atoms with van der Waals surface area (Å²) in [5.74, 6) is 0.0666. The Kier molecular flexibility index (Phi) is 5.55. The molecule has 3 heterocycles. The molecule has 0 spiro atoms. The molecule has 0 unspecified atom stereocenters. The molecule has 2 aliphatic heterocycles. The Morgan fingerprint density at radius 2 is 1.76 bits per heavy atom. The molecule has 2 fully saturated rings. The summed E-state index contributed by atoms with van der Waals surface area (Å²) in [6.45, 7) is 5.23. The van der Waals surface area contributed by atoms with E-state index in [1.54, 1.807) is 28.4 Å². The number of nitrogens with zero attached hydrogens (tertiary/aromatic N) is 4. The summed E-state index contributed by atoms with van der Waals surface area (Å²) < 4.78 is 27.5. The van der Waals surface area contributed by atoms with Crippen LogP contribution in [0.5, 0.6) is 0 Å². The summed E-state index contributed by atoms with van der Waals surface area (Å²) in [5.41, 5.74) is 3.74. The van der Waals surface area contributed by atoms with Crippen LogP contribution in [0.3, 0.4) is 0 Å². The fourth-order valence-corrected chi connectivity index (χ4v) is 4.83. The number of amides is 1. The van der Waals surface area contributed by atoms with Crippen LogP contribution < -0.4 is 5.43 Å². The molecule has 1 amide bonds. The number of piperidine rings is 1. The number of anilines is 1. The lowest BCUT2D eigenvalue weighted by molar-refractivity contribution is -0.130. The number of carbonyl (C=O) groups is 1. The minimum absolute atomic E-state index is 0.0666. The summed E-state index contributed by atoms with van der Waals surface area (Å²) >= 11 is 0. The Morgan fingerprint density at radius 1 is 1.08 bits per heavy atom. The van der Waals surface area contributed by atoms with Crippen LogP contribution in [-0.4, -0.2) is 72.8 Å². The molecule has 1 aromatic heterocycles. The number of hydrogen-bond donors (Lipinski definition) is 1. The first-order chi connectivity index (χ1) is 12.0. The van der Waals surface area contributed by atoms with E-state index in [1.165, 1.54) is 6.20 Å². The van der Waals surface area contributed by atoms with Gasteiger partial charge in [-0.3, -0.25) is 9.78 Å². The van der Waals surface area contributed by atoms with Gasteiger partial charge in [0.2, 0.25) is 15.9 Å². The first kappa shape index (κ1) is 18.1. The molecule has 0 bridgehead atoms. The molecule has 2 saturated heterocycles. The highest BCUT2D eigenvalue weighted by Gasteiger charge is 2.29. The molecule has 2 aliphatic rings. The second-order valence-electron chi connectivity index (χ2n) is 6.44. The predicted octanol–water partition coefficient (Wildman–Crippen LogP) is 0.747. The fraction of sp³-hybridized carbons (Fsp3) is 0.625. The summed E-state index contributed by atoms with van der Waals surface area (Å²) in [6, 6.07) is 1.69. The average molecular weight is 367 g/mol. The second-order valence-corrected chi connectivity index (χ2v) is 8.35. The van der Waals surface area contributed by atoms with Crippen molar-refractivity contribution < 1.29 is 13.2 Å². The topological polar surface area (TPSA) is 85.9 Å². The number of pyridine rings is 1. The molecule has 0 aromatic carbocycles. The van der Waals surface area contributed by atoms with Crippen LogP contribution in [-0.2, 0) is 14.8 Å². The highest BCUT2D eigenvalue weighted by atomic mass is 32.2. The lowest BCUT2D eigenvalue weighted by Crippen LogP contribution is -2.50. The maximum atomic E-state index is 13.0. The summed E-state index contributed by atoms with van der Waals surface area (Å²) in [7, 11) is -3.55. The molecular weight excluding hydrogens is 342 g/mol. The maximum Gasteiger partial charge on any atom is 0.246 e. The Hall–Kier alpha value is -1.71. The zero-order valence-electron chi connectivity index (χ0n) is 14.5. The lowest BCUT2D eigenvalue weighted by Gasteiger charge is -2.35. The van der Waals surface area contributed by atoms with Crippen LogP contribution in [0.2, 0.25) is 0 Å². The van der Waals surface area contributed by atoms with Gasteiger partial charge in [-0.15, -0.1) is 0 Å². The Balaban J connectivity index is 1.74. The van der Waals surface area contributed by atoms with Gasteiger partial charge in [0, 0.05) is 58.6 Å². The lowest BCUT2D eigenvalue weighted by atomic mass is 10.2. The van der Waals surface area contributed by atoms with Gasteiger partial charge in [-0.05, 0) is 18.9 Å². The van der Waals surface area contributed by atoms with Gasteiger partial charge in [-0.1, -0.05) is 6.42 Å². The van der Waals surface area contributed by atoms with E-state index in [-0.39, 0.29) is 10.8 Å². The zero-order chi connectivity index (χ0) is 17.9. The first-order valence-electron chi connectivity index (χ1n) is 8.70. The number of piperazine rings is 1. The van der Waals surface area contributed by atoms with Gasteiger partial charge in [-0.2, -0.15) is 4.31 Å². The standard InChI is InChI=1S/C16H25N5O3S/c1-14(22)19-9-11-20(12-10-19)18-15-5-6-17-13-16(15)25(23,24)21-7-3-2-4-8-21/h5-6,13H,2-4,7-12H2,1H3,(H,17,18). The Morgan fingerprint density at radius 3 is 2.40 bits per heavy atom. The van der Waals surface area contributed by atoms with E-state index in [4.69, 9.17) is 0 Å². The average Bonchev–Trinajstić information content (AvgIpc) is 2.63. The third kappa shape index (κ3) is 4.10. The third-order valence-corrected chi connectivity index (χ3v) is 6.65. The minimum Gasteiger partial charge on any atom is -0.340 e. The van der Waals surface area contributed by atoms with Crippen molar-refractivity contribution >= 4 is 21.6 Å². The van der Waals surface area contributed by atoms with Gasteiger partial charge in [0.25, 0.3) is 0 Å². The van der Waals surface area contributed by atoms with Crippen molar-refractivity contribution in [1.82, 2.24) is 19.2 Å². The van der Waals surface area contributed by atoms with Gasteiger partial charge in [0.1, 0.15) is 4.90 Å². The van der Waals surface area contributed by atoms with Crippen molar-refractivity contribution in [2.75, 3.05) is 44.7 Å². The molecule has 8 nitrogen and oxygen atoms in total. The van der Waals surface area contributed by atoms with Crippen molar-refractivity contribution in [2.45, 2.75) is 31.1 Å². The first-order valence-corrected chi connectivity index (χ1v) is 10.1. The van der Waals surface area contributed by atoms with Crippen LogP contribution in [0.1, 0.15) is 26.2 Å². The molecule has 0 radical (unpaired) electrons. The Bertz CT molecular complexity index is 710. The molecule has 0 atom stereocenters. The number of nitrogens with one attached hydrogen (secondary N) is 1. The molecule has 9 heteroatoms. The van der Waals surface area contributed by atoms with Gasteiger partial charge in [0.05, 0.1) is 5.69 Å². The molecule has 25 heavy (non-hydrogen) atoms. The molecule has 1 aromatic rings. The number of aromatic nitrogens is 1. The van der Waals surface area contributed by atoms with E-state index in [9.17, 15) is 13.2 Å². The third-order valence-electron chi connectivity index (χ3n) is 4.72. The smallest absolute Gasteiger partial charge is 0.246 e. The van der Waals surface area contributed by atoms with Crippen molar-refractivity contribution in [3.05, 3.63) is 18.5 Å². The van der Waals surface area contributed by atoms with E-state index in [0.29, 0.717) is 45.0 Å². The van der Waals surface area contributed by atoms with E-state index in [2.05, 4.69) is 10.4 Å². The van der Waals surface area contributed by atoms with Crippen molar-refractivity contribution in [2.24, 2.45) is 0 Å². The number of rotatable bonds is 4. The summed E-state index contributed by atoms with van der Waals surface area (Å²) in [6.07, 6.45) is 5.87. The van der Waals surface area contributed by atoms with Crippen LogP contribution in [0.25, 0.3) is 0 Å². The van der Waals surface area contributed by atoms with E-state index in [0.717, 1.165) is 19.3 Å². The Labute approximate surface area is 148 Å². The normalized spacial score (nSPS) is 20.4. The van der Waals surface area contributed by atoms with Crippen molar-refractivity contribution in [3.8, 4) is 0 Å². The van der Waals surface area contributed by atoms with E-state index in [1.807, 2.05) is 5.01 Å². The van der Waals surface area contributed by atoms with E-state index < -0.39 is 10.0 Å². The molecule has 0 aliphatic carbocycles. The molecule has 138 valence electrons. The van der Waals surface area contributed by atoms with Crippen molar-refractivity contribution in [1.29, 1.82) is 0 Å². The highest BCUT2D eigenvalue weighted by molar-refractivity contribution is 7.89. The molecule has 1 N–H and O–H groups in total. The molecular formula is C16H25N5O3S.